The van der Waals surface area contributed by atoms with Gasteiger partial charge >= 0.3 is 0 Å². The van der Waals surface area contributed by atoms with Gasteiger partial charge in [-0.15, -0.1) is 0 Å². The largest absolute Gasteiger partial charge is 0.381 e. The van der Waals surface area contributed by atoms with Crippen molar-refractivity contribution >= 4 is 17.7 Å². The normalized spacial score (nSPS) is 16.2. The van der Waals surface area contributed by atoms with Crippen molar-refractivity contribution < 1.29 is 23.9 Å². The number of amides is 3. The highest BCUT2D eigenvalue weighted by atomic mass is 16.5. The van der Waals surface area contributed by atoms with Crippen LogP contribution in [0.15, 0.2) is 0 Å². The molecule has 5 atom stereocenters. The number of hydrogen-bond acceptors (Lipinski definition) is 5. The van der Waals surface area contributed by atoms with Crippen LogP contribution in [0.3, 0.4) is 0 Å². The van der Waals surface area contributed by atoms with Crippen molar-refractivity contribution in [3.05, 3.63) is 0 Å². The molecule has 0 fully saturated rings. The lowest BCUT2D eigenvalue weighted by Crippen LogP contribution is -2.50. The van der Waals surface area contributed by atoms with Crippen LogP contribution >= 0.6 is 0 Å². The highest BCUT2D eigenvalue weighted by molar-refractivity contribution is 5.78. The highest BCUT2D eigenvalue weighted by Gasteiger charge is 2.33. The number of hydrogen-bond donors (Lipinski definition) is 2. The first-order valence-corrected chi connectivity index (χ1v) is 11.9. The van der Waals surface area contributed by atoms with Gasteiger partial charge < -0.3 is 25.4 Å². The van der Waals surface area contributed by atoms with Gasteiger partial charge in [-0.2, -0.15) is 0 Å². The quantitative estimate of drug-likeness (QED) is 0.326. The summed E-state index contributed by atoms with van der Waals surface area (Å²) in [6.07, 6.45) is 3.26. The zero-order valence-corrected chi connectivity index (χ0v) is 21.5. The standard InChI is InChI=1S/C24H47N3O5/c1-9-17(4)23(27(6)22(29)14-16(2)3)20(32-8)15-21(28)26-13-11-10-12-19(31-7)18(5)24(25)30/h16-20,23H,9-15H2,1-8H3,(H2,25,30)(H,26,28)/t17-,18+,19-,20+,23-/m0/s1. The molecule has 0 radical (unpaired) electrons. The second-order valence-electron chi connectivity index (χ2n) is 9.27. The zero-order chi connectivity index (χ0) is 24.8. The molecule has 0 aromatic carbocycles. The number of likely N-dealkylation sites (N-methyl/N-ethyl adjacent to an activating group) is 1. The molecule has 0 saturated heterocycles. The van der Waals surface area contributed by atoms with Gasteiger partial charge in [0.1, 0.15) is 0 Å². The smallest absolute Gasteiger partial charge is 0.222 e. The molecule has 0 heterocycles. The van der Waals surface area contributed by atoms with Crippen molar-refractivity contribution in [2.45, 2.75) is 91.4 Å². The molecule has 0 spiro atoms. The molecule has 188 valence electrons. The third-order valence-corrected chi connectivity index (χ3v) is 6.27. The Hall–Kier alpha value is -1.67. The Morgan fingerprint density at radius 3 is 2.03 bits per heavy atom. The molecule has 32 heavy (non-hydrogen) atoms. The zero-order valence-electron chi connectivity index (χ0n) is 21.5. The fraction of sp³-hybridized carbons (Fsp3) is 0.875. The summed E-state index contributed by atoms with van der Waals surface area (Å²) in [6.45, 7) is 10.5. The van der Waals surface area contributed by atoms with Crippen LogP contribution in [0.2, 0.25) is 0 Å². The minimum absolute atomic E-state index is 0.0747. The summed E-state index contributed by atoms with van der Waals surface area (Å²) in [6, 6.07) is -0.167. The van der Waals surface area contributed by atoms with Gasteiger partial charge in [-0.3, -0.25) is 14.4 Å². The second kappa shape index (κ2) is 16.0. The Labute approximate surface area is 194 Å². The van der Waals surface area contributed by atoms with Crippen LogP contribution in [-0.4, -0.2) is 68.7 Å². The Bertz CT molecular complexity index is 570. The lowest BCUT2D eigenvalue weighted by Gasteiger charge is -2.38. The summed E-state index contributed by atoms with van der Waals surface area (Å²) in [5.41, 5.74) is 5.35. The molecule has 0 aromatic heterocycles. The average Bonchev–Trinajstić information content (AvgIpc) is 2.74. The first-order chi connectivity index (χ1) is 15.0. The molecule has 8 nitrogen and oxygen atoms in total. The van der Waals surface area contributed by atoms with Gasteiger partial charge in [-0.25, -0.2) is 0 Å². The molecule has 8 heteroatoms. The van der Waals surface area contributed by atoms with E-state index in [2.05, 4.69) is 19.2 Å². The predicted molar refractivity (Wildman–Crippen MR) is 127 cm³/mol. The molecule has 3 amide bonds. The summed E-state index contributed by atoms with van der Waals surface area (Å²) in [5, 5.41) is 2.95. The van der Waals surface area contributed by atoms with E-state index in [1.54, 1.807) is 26.0 Å². The van der Waals surface area contributed by atoms with Crippen LogP contribution in [0.4, 0.5) is 0 Å². The van der Waals surface area contributed by atoms with Gasteiger partial charge in [0.2, 0.25) is 17.7 Å². The number of nitrogens with zero attached hydrogens (tertiary/aromatic N) is 1. The Kier molecular flexibility index (Phi) is 15.2. The summed E-state index contributed by atoms with van der Waals surface area (Å²) in [4.78, 5) is 38.3. The molecule has 3 N–H and O–H groups in total. The third-order valence-electron chi connectivity index (χ3n) is 6.27. The molecular weight excluding hydrogens is 410 g/mol. The maximum atomic E-state index is 12.7. The second-order valence-corrected chi connectivity index (χ2v) is 9.27. The van der Waals surface area contributed by atoms with E-state index in [9.17, 15) is 14.4 Å². The maximum Gasteiger partial charge on any atom is 0.222 e. The van der Waals surface area contributed by atoms with E-state index >= 15 is 0 Å². The van der Waals surface area contributed by atoms with Gasteiger partial charge in [-0.05, 0) is 31.1 Å². The fourth-order valence-corrected chi connectivity index (χ4v) is 3.95. The van der Waals surface area contributed by atoms with Crippen LogP contribution in [-0.2, 0) is 23.9 Å². The monoisotopic (exact) mass is 457 g/mol. The predicted octanol–water partition coefficient (Wildman–Crippen LogP) is 2.73. The average molecular weight is 458 g/mol. The van der Waals surface area contributed by atoms with Gasteiger partial charge in [-0.1, -0.05) is 41.0 Å². The lowest BCUT2D eigenvalue weighted by molar-refractivity contribution is -0.139. The summed E-state index contributed by atoms with van der Waals surface area (Å²) in [5.74, 6) is -0.259. The van der Waals surface area contributed by atoms with Crippen LogP contribution in [0, 0.1) is 17.8 Å². The molecule has 0 saturated carbocycles. The van der Waals surface area contributed by atoms with Crippen molar-refractivity contribution in [1.29, 1.82) is 0 Å². The van der Waals surface area contributed by atoms with E-state index in [4.69, 9.17) is 15.2 Å². The number of carbonyl (C=O) groups is 3. The van der Waals surface area contributed by atoms with Gasteiger partial charge in [0.15, 0.2) is 0 Å². The first-order valence-electron chi connectivity index (χ1n) is 11.9. The van der Waals surface area contributed by atoms with E-state index in [1.807, 2.05) is 20.9 Å². The van der Waals surface area contributed by atoms with Gasteiger partial charge in [0.05, 0.1) is 30.6 Å². The molecule has 0 rings (SSSR count). The van der Waals surface area contributed by atoms with Crippen molar-refractivity contribution in [1.82, 2.24) is 10.2 Å². The van der Waals surface area contributed by atoms with E-state index in [0.717, 1.165) is 19.3 Å². The van der Waals surface area contributed by atoms with Crippen molar-refractivity contribution in [2.24, 2.45) is 23.5 Å². The van der Waals surface area contributed by atoms with E-state index in [-0.39, 0.29) is 60.1 Å². The van der Waals surface area contributed by atoms with Crippen molar-refractivity contribution in [3.63, 3.8) is 0 Å². The maximum absolute atomic E-state index is 12.7. The Morgan fingerprint density at radius 2 is 1.56 bits per heavy atom. The fourth-order valence-electron chi connectivity index (χ4n) is 3.95. The molecule has 0 aliphatic heterocycles. The number of nitrogens with two attached hydrogens (primary N) is 1. The number of primary amides is 1. The van der Waals surface area contributed by atoms with Crippen LogP contribution in [0.25, 0.3) is 0 Å². The number of ether oxygens (including phenoxy) is 2. The van der Waals surface area contributed by atoms with Crippen LogP contribution in [0.1, 0.15) is 73.1 Å². The van der Waals surface area contributed by atoms with Gasteiger partial charge in [0.25, 0.3) is 0 Å². The minimum atomic E-state index is -0.375. The highest BCUT2D eigenvalue weighted by Crippen LogP contribution is 2.23. The summed E-state index contributed by atoms with van der Waals surface area (Å²) in [7, 11) is 4.98. The topological polar surface area (TPSA) is 111 Å². The van der Waals surface area contributed by atoms with Crippen molar-refractivity contribution in [3.8, 4) is 0 Å². The Balaban J connectivity index is 4.76. The minimum Gasteiger partial charge on any atom is -0.381 e. The molecule has 0 aliphatic rings. The SMILES string of the molecule is CC[C@H](C)[C@@H]([C@@H](CC(=O)NCCCC[C@H](OC)[C@@H](C)C(N)=O)OC)N(C)C(=O)CC(C)C. The Morgan fingerprint density at radius 1 is 0.969 bits per heavy atom. The molecule has 0 aliphatic carbocycles. The number of carbonyl (C=O) groups excluding carboxylic acids is 3. The number of nitrogens with one attached hydrogen (secondary N) is 1. The lowest BCUT2D eigenvalue weighted by atomic mass is 9.90. The van der Waals surface area contributed by atoms with E-state index in [1.165, 1.54) is 0 Å². The number of rotatable bonds is 17. The van der Waals surface area contributed by atoms with E-state index in [0.29, 0.717) is 19.4 Å². The number of methoxy groups -OCH3 is 2. The van der Waals surface area contributed by atoms with Gasteiger partial charge in [0, 0.05) is 34.2 Å². The summed E-state index contributed by atoms with van der Waals surface area (Å²) >= 11 is 0. The number of unbranched alkanes of at least 4 members (excludes halogenated alkanes) is 1. The summed E-state index contributed by atoms with van der Waals surface area (Å²) < 4.78 is 11.0. The molecule has 0 bridgehead atoms. The molecule has 0 aromatic rings. The first kappa shape index (κ1) is 30.3. The third kappa shape index (κ3) is 10.8. The van der Waals surface area contributed by atoms with Crippen LogP contribution in [0.5, 0.6) is 0 Å². The van der Waals surface area contributed by atoms with Crippen LogP contribution < -0.4 is 11.1 Å². The van der Waals surface area contributed by atoms with Crippen molar-refractivity contribution in [2.75, 3.05) is 27.8 Å². The van der Waals surface area contributed by atoms with E-state index < -0.39 is 0 Å². The molecular formula is C24H47N3O5. The molecule has 0 unspecified atom stereocenters.